The van der Waals surface area contributed by atoms with Gasteiger partial charge in [0.05, 0.1) is 30.3 Å². The normalized spacial score (nSPS) is 16.9. The number of carbonyl (C=O) groups excluding carboxylic acids is 2. The minimum Gasteiger partial charge on any atom is -0.378 e. The van der Waals surface area contributed by atoms with Crippen LogP contribution in [0, 0.1) is 13.8 Å². The van der Waals surface area contributed by atoms with E-state index in [0.29, 0.717) is 26.3 Å². The smallest absolute Gasteiger partial charge is 0.244 e. The second-order valence-corrected chi connectivity index (χ2v) is 7.38. The number of likely N-dealkylation sites (tertiary alicyclic amines) is 1. The predicted molar refractivity (Wildman–Crippen MR) is 102 cm³/mol. The molecule has 4 rings (SSSR count). The van der Waals surface area contributed by atoms with Crippen LogP contribution in [0.25, 0.3) is 11.3 Å². The predicted octanol–water partition coefficient (Wildman–Crippen LogP) is 0.455. The van der Waals surface area contributed by atoms with Gasteiger partial charge >= 0.3 is 0 Å². The van der Waals surface area contributed by atoms with E-state index in [-0.39, 0.29) is 24.9 Å². The first-order valence-electron chi connectivity index (χ1n) is 9.73. The van der Waals surface area contributed by atoms with Gasteiger partial charge in [-0.1, -0.05) is 0 Å². The number of aryl methyl sites for hydroxylation is 2. The molecule has 2 amide bonds. The molecule has 0 unspecified atom stereocenters. The van der Waals surface area contributed by atoms with Crippen molar-refractivity contribution in [3.8, 4) is 11.3 Å². The van der Waals surface area contributed by atoms with Gasteiger partial charge in [-0.15, -0.1) is 0 Å². The van der Waals surface area contributed by atoms with Crippen LogP contribution >= 0.6 is 0 Å². The van der Waals surface area contributed by atoms with E-state index < -0.39 is 0 Å². The third-order valence-electron chi connectivity index (χ3n) is 5.28. The summed E-state index contributed by atoms with van der Waals surface area (Å²) in [6, 6.07) is 1.96. The Morgan fingerprint density at radius 2 is 1.68 bits per heavy atom. The van der Waals surface area contributed by atoms with Gasteiger partial charge in [0.2, 0.25) is 11.8 Å². The fourth-order valence-electron chi connectivity index (χ4n) is 3.58. The average Bonchev–Trinajstić information content (AvgIpc) is 3.15. The molecule has 2 aromatic rings. The van der Waals surface area contributed by atoms with Gasteiger partial charge in [-0.2, -0.15) is 10.2 Å². The number of amides is 2. The van der Waals surface area contributed by atoms with Crippen molar-refractivity contribution in [2.24, 2.45) is 0 Å². The maximum absolute atomic E-state index is 12.6. The molecule has 9 nitrogen and oxygen atoms in total. The molecular formula is C19H26N6O3. The number of carbonyl (C=O) groups is 2. The molecule has 9 heteroatoms. The Bertz CT molecular complexity index is 876. The zero-order valence-electron chi connectivity index (χ0n) is 16.4. The number of aromatic nitrogens is 4. The van der Waals surface area contributed by atoms with Crippen LogP contribution in [0.1, 0.15) is 17.8 Å². The van der Waals surface area contributed by atoms with E-state index in [4.69, 9.17) is 4.74 Å². The van der Waals surface area contributed by atoms with E-state index in [1.54, 1.807) is 9.36 Å². The van der Waals surface area contributed by atoms with Crippen LogP contribution in [0.5, 0.6) is 0 Å². The number of hydrogen-bond acceptors (Lipinski definition) is 5. The first kappa shape index (κ1) is 18.7. The summed E-state index contributed by atoms with van der Waals surface area (Å²) in [4.78, 5) is 28.5. The lowest BCUT2D eigenvalue weighted by Crippen LogP contribution is -2.43. The van der Waals surface area contributed by atoms with E-state index >= 15 is 0 Å². The highest BCUT2D eigenvalue weighted by Gasteiger charge is 2.23. The molecule has 0 N–H and O–H groups in total. The highest BCUT2D eigenvalue weighted by molar-refractivity contribution is 5.78. The van der Waals surface area contributed by atoms with E-state index in [2.05, 4.69) is 10.2 Å². The molecular weight excluding hydrogens is 360 g/mol. The number of ether oxygens (including phenoxy) is 1. The Hall–Kier alpha value is -2.68. The lowest BCUT2D eigenvalue weighted by molar-refractivity contribution is -0.136. The van der Waals surface area contributed by atoms with Crippen LogP contribution in [0.4, 0.5) is 0 Å². The summed E-state index contributed by atoms with van der Waals surface area (Å²) in [5.41, 5.74) is 3.40. The van der Waals surface area contributed by atoms with Crippen molar-refractivity contribution in [1.29, 1.82) is 0 Å². The van der Waals surface area contributed by atoms with Crippen molar-refractivity contribution < 1.29 is 14.3 Å². The van der Waals surface area contributed by atoms with Crippen LogP contribution < -0.4 is 0 Å². The number of rotatable bonds is 5. The second-order valence-electron chi connectivity index (χ2n) is 7.38. The third kappa shape index (κ3) is 3.80. The number of morpholine rings is 1. The maximum atomic E-state index is 12.6. The molecule has 2 aliphatic rings. The van der Waals surface area contributed by atoms with Crippen LogP contribution in [-0.4, -0.2) is 80.6 Å². The fraction of sp³-hybridized carbons (Fsp3) is 0.579. The molecule has 0 saturated carbocycles. The molecule has 0 radical (unpaired) electrons. The average molecular weight is 386 g/mol. The monoisotopic (exact) mass is 386 g/mol. The van der Waals surface area contributed by atoms with Gasteiger partial charge < -0.3 is 14.5 Å². The Morgan fingerprint density at radius 1 is 1.00 bits per heavy atom. The molecule has 0 atom stereocenters. The highest BCUT2D eigenvalue weighted by Crippen LogP contribution is 2.24. The summed E-state index contributed by atoms with van der Waals surface area (Å²) in [5.74, 6) is 0.123. The van der Waals surface area contributed by atoms with Gasteiger partial charge in [0.1, 0.15) is 13.1 Å². The summed E-state index contributed by atoms with van der Waals surface area (Å²) in [6.07, 6.45) is 2.95. The fourth-order valence-corrected chi connectivity index (χ4v) is 3.58. The largest absolute Gasteiger partial charge is 0.378 e. The topological polar surface area (TPSA) is 85.5 Å². The molecule has 150 valence electrons. The van der Waals surface area contributed by atoms with Gasteiger partial charge in [-0.25, -0.2) is 0 Å². The number of hydrogen-bond donors (Lipinski definition) is 0. The van der Waals surface area contributed by atoms with E-state index in [9.17, 15) is 9.59 Å². The minimum absolute atomic E-state index is 0.0330. The molecule has 0 spiro atoms. The quantitative estimate of drug-likeness (QED) is 0.745. The molecule has 2 fully saturated rings. The molecule has 4 heterocycles. The zero-order valence-corrected chi connectivity index (χ0v) is 16.4. The van der Waals surface area contributed by atoms with Crippen molar-refractivity contribution in [2.45, 2.75) is 33.4 Å². The molecule has 2 aliphatic heterocycles. The van der Waals surface area contributed by atoms with Crippen molar-refractivity contribution in [1.82, 2.24) is 29.4 Å². The molecule has 0 aliphatic carbocycles. The SMILES string of the molecule is Cc1cc(-c2cn(CC(=O)N3CCC3)nc2C)n(CC(=O)N2CCOCC2)n1. The van der Waals surface area contributed by atoms with E-state index in [1.807, 2.05) is 35.9 Å². The van der Waals surface area contributed by atoms with Gasteiger partial charge in [0, 0.05) is 37.9 Å². The summed E-state index contributed by atoms with van der Waals surface area (Å²) < 4.78 is 8.74. The van der Waals surface area contributed by atoms with E-state index in [1.165, 1.54) is 0 Å². The Morgan fingerprint density at radius 3 is 2.36 bits per heavy atom. The van der Waals surface area contributed by atoms with Crippen LogP contribution in [-0.2, 0) is 27.4 Å². The zero-order chi connectivity index (χ0) is 19.7. The van der Waals surface area contributed by atoms with Crippen molar-refractivity contribution in [2.75, 3.05) is 39.4 Å². The minimum atomic E-state index is 0.0330. The summed E-state index contributed by atoms with van der Waals surface area (Å²) in [7, 11) is 0. The third-order valence-corrected chi connectivity index (χ3v) is 5.28. The molecule has 2 aromatic heterocycles. The Labute approximate surface area is 163 Å². The second kappa shape index (κ2) is 7.75. The van der Waals surface area contributed by atoms with Gasteiger partial charge in [0.15, 0.2) is 0 Å². The summed E-state index contributed by atoms with van der Waals surface area (Å²) >= 11 is 0. The molecule has 28 heavy (non-hydrogen) atoms. The lowest BCUT2D eigenvalue weighted by Gasteiger charge is -2.30. The summed E-state index contributed by atoms with van der Waals surface area (Å²) in [5, 5.41) is 9.01. The molecule has 2 saturated heterocycles. The number of nitrogens with zero attached hydrogens (tertiary/aromatic N) is 6. The van der Waals surface area contributed by atoms with Crippen molar-refractivity contribution >= 4 is 11.8 Å². The van der Waals surface area contributed by atoms with Crippen molar-refractivity contribution in [3.05, 3.63) is 23.7 Å². The van der Waals surface area contributed by atoms with Crippen LogP contribution in [0.3, 0.4) is 0 Å². The first-order valence-corrected chi connectivity index (χ1v) is 9.73. The van der Waals surface area contributed by atoms with Gasteiger partial charge in [-0.3, -0.25) is 19.0 Å². The van der Waals surface area contributed by atoms with Crippen LogP contribution in [0.15, 0.2) is 12.3 Å². The Balaban J connectivity index is 1.52. The van der Waals surface area contributed by atoms with E-state index in [0.717, 1.165) is 42.2 Å². The van der Waals surface area contributed by atoms with Crippen molar-refractivity contribution in [3.63, 3.8) is 0 Å². The lowest BCUT2D eigenvalue weighted by atomic mass is 10.2. The highest BCUT2D eigenvalue weighted by atomic mass is 16.5. The van der Waals surface area contributed by atoms with Gasteiger partial charge in [-0.05, 0) is 26.3 Å². The summed E-state index contributed by atoms with van der Waals surface area (Å²) in [6.45, 7) is 8.29. The molecule has 0 bridgehead atoms. The van der Waals surface area contributed by atoms with Crippen LogP contribution in [0.2, 0.25) is 0 Å². The maximum Gasteiger partial charge on any atom is 0.244 e. The van der Waals surface area contributed by atoms with Gasteiger partial charge in [0.25, 0.3) is 0 Å². The molecule has 0 aromatic carbocycles. The standard InChI is InChI=1S/C19H26N6O3/c1-14-10-17(25(20-14)13-19(27)23-6-8-28-9-7-23)16-11-24(21-15(16)2)12-18(26)22-4-3-5-22/h10-11H,3-9,12-13H2,1-2H3. The first-order chi connectivity index (χ1) is 13.5. The Kier molecular flexibility index (Phi) is 5.17.